The molecule has 7 aromatic rings. The van der Waals surface area contributed by atoms with Crippen LogP contribution in [0.4, 0.5) is 5.69 Å². The summed E-state index contributed by atoms with van der Waals surface area (Å²) in [6, 6.07) is 33.5. The number of rotatable bonds is 2. The zero-order chi connectivity index (χ0) is 24.4. The molecule has 4 nitrogen and oxygen atoms in total. The van der Waals surface area contributed by atoms with Gasteiger partial charge in [0.25, 0.3) is 5.65 Å². The van der Waals surface area contributed by atoms with Crippen LogP contribution >= 0.6 is 0 Å². The first-order valence-electron chi connectivity index (χ1n) is 12.0. The van der Waals surface area contributed by atoms with Gasteiger partial charge in [0.15, 0.2) is 5.69 Å². The van der Waals surface area contributed by atoms with Gasteiger partial charge in [-0.3, -0.25) is 0 Å². The maximum absolute atomic E-state index is 7.38. The summed E-state index contributed by atoms with van der Waals surface area (Å²) in [5.74, 6) is 0. The van der Waals surface area contributed by atoms with Crippen molar-refractivity contribution in [3.63, 3.8) is 0 Å². The van der Waals surface area contributed by atoms with Crippen molar-refractivity contribution in [3.8, 4) is 16.9 Å². The lowest BCUT2D eigenvalue weighted by atomic mass is 10.00. The van der Waals surface area contributed by atoms with E-state index in [0.717, 1.165) is 50.1 Å². The van der Waals surface area contributed by atoms with E-state index in [1.807, 2.05) is 24.3 Å². The van der Waals surface area contributed by atoms with Gasteiger partial charge in [-0.25, -0.2) is 9.41 Å². The van der Waals surface area contributed by atoms with Crippen molar-refractivity contribution in [3.05, 3.63) is 114 Å². The Morgan fingerprint density at radius 3 is 2.36 bits per heavy atom. The molecular weight excluding hydrogens is 442 g/mol. The van der Waals surface area contributed by atoms with Crippen molar-refractivity contribution in [2.75, 3.05) is 0 Å². The minimum Gasteiger partial charge on any atom is -0.457 e. The average molecular weight is 465 g/mol. The molecule has 0 aliphatic rings. The summed E-state index contributed by atoms with van der Waals surface area (Å²) in [5, 5.41) is 4.52. The highest BCUT2D eigenvalue weighted by Gasteiger charge is 2.26. The van der Waals surface area contributed by atoms with E-state index in [-0.39, 0.29) is 0 Å². The minimum absolute atomic E-state index is 0.583. The van der Waals surface area contributed by atoms with Crippen LogP contribution in [-0.4, -0.2) is 4.57 Å². The zero-order valence-electron chi connectivity index (χ0n) is 20.0. The molecule has 0 amide bonds. The summed E-state index contributed by atoms with van der Waals surface area (Å²) in [6.45, 7) is 9.51. The summed E-state index contributed by atoms with van der Waals surface area (Å²) < 4.78 is 11.1. The molecule has 0 atom stereocenters. The number of para-hydroxylation sites is 2. The smallest absolute Gasteiger partial charge is 0.295 e. The average Bonchev–Trinajstić information content (AvgIpc) is 3.45. The van der Waals surface area contributed by atoms with Gasteiger partial charge >= 0.3 is 0 Å². The van der Waals surface area contributed by atoms with Crippen LogP contribution in [0.2, 0.25) is 0 Å². The van der Waals surface area contributed by atoms with Crippen LogP contribution in [0, 0.1) is 13.5 Å². The fourth-order valence-electron chi connectivity index (χ4n) is 5.54. The molecule has 0 N–H and O–H groups in total. The first kappa shape index (κ1) is 20.5. The molecule has 0 aliphatic heterocycles. The Kier molecular flexibility index (Phi) is 4.30. The molecule has 0 saturated heterocycles. The summed E-state index contributed by atoms with van der Waals surface area (Å²) in [6.07, 6.45) is 0. The lowest BCUT2D eigenvalue weighted by Gasteiger charge is -2.10. The van der Waals surface area contributed by atoms with E-state index in [0.29, 0.717) is 5.69 Å². The van der Waals surface area contributed by atoms with Gasteiger partial charge in [-0.05, 0) is 55.0 Å². The highest BCUT2D eigenvalue weighted by molar-refractivity contribution is 6.11. The van der Waals surface area contributed by atoms with Crippen LogP contribution < -0.4 is 4.57 Å². The number of aromatic nitrogens is 2. The van der Waals surface area contributed by atoms with E-state index in [1.165, 1.54) is 16.3 Å². The molecule has 0 bridgehead atoms. The number of furan rings is 1. The molecule has 0 radical (unpaired) electrons. The number of hydrogen-bond donors (Lipinski definition) is 0. The number of fused-ring (bicyclic) bond motifs is 6. The van der Waals surface area contributed by atoms with Crippen molar-refractivity contribution < 1.29 is 8.98 Å². The first-order chi connectivity index (χ1) is 17.7. The molecule has 0 unspecified atom stereocenters. The third kappa shape index (κ3) is 2.77. The van der Waals surface area contributed by atoms with Crippen molar-refractivity contribution in [1.82, 2.24) is 4.57 Å². The lowest BCUT2D eigenvalue weighted by Crippen LogP contribution is -2.34. The standard InChI is InChI=1S/C32H22N3O/c1-20-13-15-25-24-16-14-21(33-2)19-29(24)36-31(25)30(20)28-18-17-26-23-11-7-8-12-27(23)35(32(26)34(28)3)22-9-5-4-6-10-22/h4-19H,1,3H3/q+1. The topological polar surface area (TPSA) is 26.3 Å². The second kappa shape index (κ2) is 7.56. The SMILES string of the molecule is [C-]#[N+]c1ccc2c(c1)oc1c(-c3ccc4c5ccccc5n(-c5ccccc5)c4[n+]3C)c(C)ccc12. The number of hydrogen-bond acceptors (Lipinski definition) is 1. The maximum atomic E-state index is 7.38. The van der Waals surface area contributed by atoms with E-state index < -0.39 is 0 Å². The predicted octanol–water partition coefficient (Wildman–Crippen LogP) is 8.03. The molecule has 4 aromatic carbocycles. The minimum atomic E-state index is 0.583. The van der Waals surface area contributed by atoms with E-state index in [2.05, 4.69) is 101 Å². The van der Waals surface area contributed by atoms with Crippen molar-refractivity contribution >= 4 is 49.6 Å². The van der Waals surface area contributed by atoms with E-state index in [4.69, 9.17) is 11.0 Å². The number of nitrogens with zero attached hydrogens (tertiary/aromatic N) is 3. The van der Waals surface area contributed by atoms with Gasteiger partial charge < -0.3 is 4.42 Å². The molecule has 170 valence electrons. The van der Waals surface area contributed by atoms with Crippen LogP contribution in [0.25, 0.3) is 65.7 Å². The van der Waals surface area contributed by atoms with Gasteiger partial charge in [-0.2, -0.15) is 4.57 Å². The summed E-state index contributed by atoms with van der Waals surface area (Å²) >= 11 is 0. The molecule has 0 spiro atoms. The van der Waals surface area contributed by atoms with Crippen LogP contribution in [-0.2, 0) is 7.05 Å². The molecule has 4 heteroatoms. The fraction of sp³-hybridized carbons (Fsp3) is 0.0625. The molecular formula is C32H22N3O+. The molecule has 3 heterocycles. The Morgan fingerprint density at radius 1 is 0.778 bits per heavy atom. The number of pyridine rings is 1. The fourth-order valence-corrected chi connectivity index (χ4v) is 5.54. The Balaban J connectivity index is 1.60. The van der Waals surface area contributed by atoms with Crippen LogP contribution in [0.5, 0.6) is 0 Å². The van der Waals surface area contributed by atoms with Gasteiger partial charge in [0.1, 0.15) is 28.1 Å². The monoisotopic (exact) mass is 464 g/mol. The normalized spacial score (nSPS) is 11.6. The van der Waals surface area contributed by atoms with E-state index in [1.54, 1.807) is 0 Å². The van der Waals surface area contributed by atoms with Crippen molar-refractivity contribution in [2.24, 2.45) is 7.05 Å². The Morgan fingerprint density at radius 2 is 1.53 bits per heavy atom. The van der Waals surface area contributed by atoms with Gasteiger partial charge in [-0.1, -0.05) is 54.6 Å². The molecule has 0 fully saturated rings. The van der Waals surface area contributed by atoms with Crippen LogP contribution in [0.1, 0.15) is 5.56 Å². The first-order valence-corrected chi connectivity index (χ1v) is 12.0. The van der Waals surface area contributed by atoms with Gasteiger partial charge in [0, 0.05) is 16.2 Å². The van der Waals surface area contributed by atoms with E-state index in [9.17, 15) is 0 Å². The predicted molar refractivity (Wildman–Crippen MR) is 146 cm³/mol. The number of benzene rings is 4. The second-order valence-corrected chi connectivity index (χ2v) is 9.23. The van der Waals surface area contributed by atoms with Gasteiger partial charge in [0.05, 0.1) is 24.6 Å². The molecule has 3 aromatic heterocycles. The Bertz CT molecular complexity index is 2020. The third-order valence-electron chi connectivity index (χ3n) is 7.21. The quantitative estimate of drug-likeness (QED) is 0.188. The van der Waals surface area contributed by atoms with Crippen molar-refractivity contribution in [1.29, 1.82) is 0 Å². The lowest BCUT2D eigenvalue weighted by molar-refractivity contribution is -0.636. The van der Waals surface area contributed by atoms with Crippen molar-refractivity contribution in [2.45, 2.75) is 6.92 Å². The summed E-state index contributed by atoms with van der Waals surface area (Å²) in [4.78, 5) is 3.58. The Hall–Kier alpha value is -4.88. The second-order valence-electron chi connectivity index (χ2n) is 9.23. The van der Waals surface area contributed by atoms with Gasteiger partial charge in [0.2, 0.25) is 0 Å². The highest BCUT2D eigenvalue weighted by Crippen LogP contribution is 2.39. The third-order valence-corrected chi connectivity index (χ3v) is 7.21. The largest absolute Gasteiger partial charge is 0.457 e. The van der Waals surface area contributed by atoms with Crippen LogP contribution in [0.3, 0.4) is 0 Å². The zero-order valence-corrected chi connectivity index (χ0v) is 20.0. The number of aryl methyl sites for hydroxylation is 2. The van der Waals surface area contributed by atoms with Gasteiger partial charge in [-0.15, -0.1) is 0 Å². The molecule has 36 heavy (non-hydrogen) atoms. The molecule has 0 aliphatic carbocycles. The highest BCUT2D eigenvalue weighted by atomic mass is 16.3. The van der Waals surface area contributed by atoms with E-state index >= 15 is 0 Å². The summed E-state index contributed by atoms with van der Waals surface area (Å²) in [7, 11) is 2.13. The maximum Gasteiger partial charge on any atom is 0.295 e. The van der Waals surface area contributed by atoms with Crippen LogP contribution in [0.15, 0.2) is 101 Å². The molecule has 0 saturated carbocycles. The Labute approximate surface area is 208 Å². The molecule has 7 rings (SSSR count). The summed E-state index contributed by atoms with van der Waals surface area (Å²) in [5.41, 5.74) is 8.90.